The van der Waals surface area contributed by atoms with Gasteiger partial charge in [0.1, 0.15) is 0 Å². The highest BCUT2D eigenvalue weighted by molar-refractivity contribution is 7.00. The molecule has 0 saturated heterocycles. The van der Waals surface area contributed by atoms with E-state index in [0.717, 1.165) is 11.4 Å². The Hall–Kier alpha value is -7.56. The minimum Gasteiger partial charge on any atom is -0.310 e. The van der Waals surface area contributed by atoms with Gasteiger partial charge in [0.25, 0.3) is 6.71 Å². The molecule has 4 aliphatic rings. The Morgan fingerprint density at radius 1 is 0.345 bits per heavy atom. The van der Waals surface area contributed by atoms with Crippen LogP contribution < -0.4 is 21.3 Å². The monoisotopic (exact) mass is 1140 g/mol. The predicted octanol–water partition coefficient (Wildman–Crippen LogP) is 20.3. The van der Waals surface area contributed by atoms with Crippen molar-refractivity contribution in [3.8, 4) is 22.5 Å². The molecular weight excluding hydrogens is 1050 g/mol. The van der Waals surface area contributed by atoms with E-state index in [0.29, 0.717) is 0 Å². The summed E-state index contributed by atoms with van der Waals surface area (Å²) in [5, 5.41) is 5.29. The summed E-state index contributed by atoms with van der Waals surface area (Å²) in [4.78, 5) is 2.58. The molecule has 3 nitrogen and oxygen atoms in total. The van der Waals surface area contributed by atoms with Crippen molar-refractivity contribution in [1.82, 2.24) is 9.13 Å². The van der Waals surface area contributed by atoms with Crippen LogP contribution in [0.2, 0.25) is 0 Å². The van der Waals surface area contributed by atoms with Crippen LogP contribution in [0.1, 0.15) is 207 Å². The lowest BCUT2D eigenvalue weighted by Gasteiger charge is -2.45. The van der Waals surface area contributed by atoms with Gasteiger partial charge in [0.2, 0.25) is 0 Å². The molecular formula is C83H88BN3. The average molecular weight is 1140 g/mol. The van der Waals surface area contributed by atoms with Crippen LogP contribution in [-0.2, 0) is 43.3 Å². The van der Waals surface area contributed by atoms with Crippen LogP contribution in [0.15, 0.2) is 152 Å². The molecule has 3 aliphatic heterocycles. The van der Waals surface area contributed by atoms with Crippen molar-refractivity contribution in [2.45, 2.75) is 189 Å². The number of hydrogen-bond donors (Lipinski definition) is 0. The van der Waals surface area contributed by atoms with Gasteiger partial charge in [0, 0.05) is 49.8 Å². The molecule has 438 valence electrons. The van der Waals surface area contributed by atoms with E-state index in [2.05, 4.69) is 311 Å². The number of anilines is 3. The fraction of sp³-hybridized carbons (Fsp3) is 0.349. The Labute approximate surface area is 518 Å². The van der Waals surface area contributed by atoms with Crippen LogP contribution in [-0.4, -0.2) is 15.8 Å². The summed E-state index contributed by atoms with van der Waals surface area (Å²) in [5.41, 5.74) is 32.2. The van der Waals surface area contributed by atoms with Crippen LogP contribution in [0, 0.1) is 0 Å². The Bertz CT molecular complexity index is 4760. The Kier molecular flexibility index (Phi) is 11.2. The molecule has 0 radical (unpaired) electrons. The lowest BCUT2D eigenvalue weighted by Crippen LogP contribution is -2.60. The number of fused-ring (bicyclic) bond motifs is 14. The van der Waals surface area contributed by atoms with E-state index in [4.69, 9.17) is 0 Å². The first-order valence-corrected chi connectivity index (χ1v) is 32.4. The summed E-state index contributed by atoms with van der Waals surface area (Å²) in [7, 11) is 0. The third-order valence-corrected chi connectivity index (χ3v) is 21.0. The van der Waals surface area contributed by atoms with Gasteiger partial charge in [-0.2, -0.15) is 0 Å². The fourth-order valence-corrected chi connectivity index (χ4v) is 15.9. The summed E-state index contributed by atoms with van der Waals surface area (Å²) in [6.07, 6.45) is 0. The molecule has 4 heteroatoms. The molecule has 0 amide bonds. The quantitative estimate of drug-likeness (QED) is 0.161. The highest BCUT2D eigenvalue weighted by Crippen LogP contribution is 2.63. The van der Waals surface area contributed by atoms with Gasteiger partial charge in [-0.3, -0.25) is 0 Å². The van der Waals surface area contributed by atoms with Crippen molar-refractivity contribution < 1.29 is 0 Å². The Morgan fingerprint density at radius 3 is 1.43 bits per heavy atom. The maximum Gasteiger partial charge on any atom is 0.252 e. The van der Waals surface area contributed by atoms with E-state index in [1.165, 1.54) is 149 Å². The van der Waals surface area contributed by atoms with Crippen molar-refractivity contribution in [1.29, 1.82) is 0 Å². The van der Waals surface area contributed by atoms with Crippen LogP contribution in [0.4, 0.5) is 17.1 Å². The molecule has 11 aromatic rings. The zero-order valence-electron chi connectivity index (χ0n) is 55.9. The van der Waals surface area contributed by atoms with Crippen molar-refractivity contribution >= 4 is 83.8 Å². The van der Waals surface area contributed by atoms with E-state index in [1.807, 2.05) is 0 Å². The zero-order chi connectivity index (χ0) is 61.7. The molecule has 15 rings (SSSR count). The van der Waals surface area contributed by atoms with Gasteiger partial charge < -0.3 is 14.0 Å². The lowest BCUT2D eigenvalue weighted by molar-refractivity contribution is 0.583. The number of nitrogens with zero attached hydrogens (tertiary/aromatic N) is 3. The van der Waals surface area contributed by atoms with Crippen molar-refractivity contribution in [3.05, 3.63) is 213 Å². The van der Waals surface area contributed by atoms with E-state index in [9.17, 15) is 0 Å². The van der Waals surface area contributed by atoms with Gasteiger partial charge in [-0.25, -0.2) is 0 Å². The molecule has 0 atom stereocenters. The molecule has 0 unspecified atom stereocenters. The Morgan fingerprint density at radius 2 is 0.851 bits per heavy atom. The number of aromatic nitrogens is 2. The highest BCUT2D eigenvalue weighted by atomic mass is 15.2. The largest absolute Gasteiger partial charge is 0.310 e. The average Bonchev–Trinajstić information content (AvgIpc) is 1.53. The molecule has 0 fully saturated rings. The highest BCUT2D eigenvalue weighted by Gasteiger charge is 2.55. The van der Waals surface area contributed by atoms with Gasteiger partial charge in [-0.05, 0) is 181 Å². The first-order chi connectivity index (χ1) is 40.6. The maximum absolute atomic E-state index is 2.82. The smallest absolute Gasteiger partial charge is 0.252 e. The summed E-state index contributed by atoms with van der Waals surface area (Å²) < 4.78 is 5.56. The topological polar surface area (TPSA) is 13.1 Å². The maximum atomic E-state index is 2.82. The number of hydrogen-bond acceptors (Lipinski definition) is 1. The fourth-order valence-electron chi connectivity index (χ4n) is 15.9. The van der Waals surface area contributed by atoms with Crippen LogP contribution in [0.25, 0.3) is 66.1 Å². The summed E-state index contributed by atoms with van der Waals surface area (Å²) in [6.45, 7) is 49.9. The molecule has 0 saturated carbocycles. The molecule has 9 aromatic carbocycles. The first kappa shape index (κ1) is 56.0. The van der Waals surface area contributed by atoms with E-state index < -0.39 is 5.41 Å². The lowest BCUT2D eigenvalue weighted by atomic mass is 9.33. The van der Waals surface area contributed by atoms with Crippen LogP contribution >= 0.6 is 0 Å². The van der Waals surface area contributed by atoms with Gasteiger partial charge in [-0.15, -0.1) is 0 Å². The van der Waals surface area contributed by atoms with Gasteiger partial charge in [0.15, 0.2) is 0 Å². The van der Waals surface area contributed by atoms with Crippen molar-refractivity contribution in [2.75, 3.05) is 4.90 Å². The molecule has 0 N–H and O–H groups in total. The summed E-state index contributed by atoms with van der Waals surface area (Å²) in [6, 6.07) is 62.2. The van der Waals surface area contributed by atoms with Crippen molar-refractivity contribution in [2.24, 2.45) is 0 Å². The third-order valence-electron chi connectivity index (χ3n) is 21.0. The second-order valence-corrected chi connectivity index (χ2v) is 34.0. The van der Waals surface area contributed by atoms with E-state index in [1.54, 1.807) is 0 Å². The second kappa shape index (κ2) is 17.4. The number of rotatable bonds is 3. The van der Waals surface area contributed by atoms with Crippen LogP contribution in [0.3, 0.4) is 0 Å². The molecule has 0 bridgehead atoms. The zero-order valence-corrected chi connectivity index (χ0v) is 55.9. The van der Waals surface area contributed by atoms with Gasteiger partial charge in [0.05, 0.1) is 27.7 Å². The Balaban J connectivity index is 1.15. The van der Waals surface area contributed by atoms with Crippen molar-refractivity contribution in [3.63, 3.8) is 0 Å². The normalized spacial score (nSPS) is 15.0. The van der Waals surface area contributed by atoms with Crippen LogP contribution in [0.5, 0.6) is 0 Å². The van der Waals surface area contributed by atoms with E-state index >= 15 is 0 Å². The first-order valence-electron chi connectivity index (χ1n) is 32.4. The summed E-state index contributed by atoms with van der Waals surface area (Å²) >= 11 is 0. The molecule has 2 aromatic heterocycles. The number of benzene rings is 9. The molecule has 87 heavy (non-hydrogen) atoms. The minimum atomic E-state index is -0.640. The second-order valence-electron chi connectivity index (χ2n) is 34.0. The third kappa shape index (κ3) is 7.74. The SMILES string of the molecule is CC(C)(C)c1ccc(N(c2cccc(C(C)(C)C)c2)c2ccc3c4c2c2ccc(C(C)(C)C)cc2n4-c2ccc4c5c2B3c2cc(C(C)(C)C)cc3c6cc(C(C)(C)C)cc(c6n-5c23)C42c3cc(C(C)(C)C)ccc3-c3ccc(C(C)(C)C)cc32)cc1. The van der Waals surface area contributed by atoms with Gasteiger partial charge >= 0.3 is 0 Å². The molecule has 5 heterocycles. The molecule has 1 spiro atoms. The standard InChI is InChI=1S/C83H88BN3/c1-76(2,3)47-25-30-54(31-26-47)85(55-24-22-23-48(39-55)77(4,5)6)67-38-36-65-75-70(67)58-34-29-51(80(13,14)15)46-69(58)86(75)68-37-35-61-74-71(68)84(65)66-45-53(82(19,20)21)41-60-59-40-52(81(16,17)18)44-64(72(59)87(74)73(60)66)83(61)62-42-49(78(7,8)9)27-32-56(62)57-33-28-50(43-63(57)83)79(10,11)12/h22-46H,1-21H3. The van der Waals surface area contributed by atoms with Gasteiger partial charge in [-0.1, -0.05) is 242 Å². The summed E-state index contributed by atoms with van der Waals surface area (Å²) in [5.74, 6) is 0. The minimum absolute atomic E-state index is 0.0129. The molecule has 1 aliphatic carbocycles. The van der Waals surface area contributed by atoms with E-state index in [-0.39, 0.29) is 44.6 Å². The predicted molar refractivity (Wildman–Crippen MR) is 376 cm³/mol.